The third-order valence-corrected chi connectivity index (χ3v) is 3.43. The first-order chi connectivity index (χ1) is 8.88. The maximum absolute atomic E-state index is 6.05. The van der Waals surface area contributed by atoms with Gasteiger partial charge in [0.05, 0.1) is 5.52 Å². The largest absolute Gasteiger partial charge is 0.328 e. The summed E-state index contributed by atoms with van der Waals surface area (Å²) in [5.41, 5.74) is 2.10. The Hall–Kier alpha value is -0.910. The van der Waals surface area contributed by atoms with Crippen LogP contribution in [0.3, 0.4) is 0 Å². The fraction of sp³-hybridized carbons (Fsp3) is 0.538. The van der Waals surface area contributed by atoms with Crippen LogP contribution in [0.2, 0.25) is 5.15 Å². The van der Waals surface area contributed by atoms with Gasteiger partial charge in [0.25, 0.3) is 0 Å². The minimum absolute atomic E-state index is 0.287. The van der Waals surface area contributed by atoms with Crippen LogP contribution in [-0.4, -0.2) is 27.6 Å². The zero-order chi connectivity index (χ0) is 14.0. The third kappa shape index (κ3) is 3.55. The Kier molecular flexibility index (Phi) is 4.28. The second kappa shape index (κ2) is 5.61. The Morgan fingerprint density at radius 1 is 1.47 bits per heavy atom. The highest BCUT2D eigenvalue weighted by Gasteiger charge is 2.10. The Labute approximate surface area is 123 Å². The molecule has 0 aliphatic heterocycles. The van der Waals surface area contributed by atoms with E-state index < -0.39 is 0 Å². The molecule has 0 aliphatic carbocycles. The highest BCUT2D eigenvalue weighted by Crippen LogP contribution is 2.20. The van der Waals surface area contributed by atoms with Gasteiger partial charge in [-0.05, 0) is 23.7 Å². The lowest BCUT2D eigenvalue weighted by molar-refractivity contribution is 0.376. The van der Waals surface area contributed by atoms with Crippen molar-refractivity contribution in [1.29, 1.82) is 0 Å². The molecule has 6 heteroatoms. The monoisotopic (exact) mass is 298 g/mol. The number of aromatic amines is 1. The molecule has 0 aliphatic rings. The van der Waals surface area contributed by atoms with Crippen LogP contribution >= 0.6 is 23.8 Å². The van der Waals surface area contributed by atoms with E-state index >= 15 is 0 Å². The lowest BCUT2D eigenvalue weighted by Crippen LogP contribution is -2.29. The zero-order valence-corrected chi connectivity index (χ0v) is 13.0. The molecule has 0 aromatic carbocycles. The topological polar surface area (TPSA) is 45.6 Å². The van der Waals surface area contributed by atoms with Crippen molar-refractivity contribution >= 4 is 34.9 Å². The number of hydrogen-bond donors (Lipinski definition) is 2. The summed E-state index contributed by atoms with van der Waals surface area (Å²) in [4.78, 5) is 7.16. The second-order valence-electron chi connectivity index (χ2n) is 5.82. The highest BCUT2D eigenvalue weighted by atomic mass is 35.5. The normalized spacial score (nSPS) is 12.2. The van der Waals surface area contributed by atoms with Gasteiger partial charge >= 0.3 is 0 Å². The molecule has 2 N–H and O–H groups in total. The quantitative estimate of drug-likeness (QED) is 0.517. The summed E-state index contributed by atoms with van der Waals surface area (Å²) in [6.07, 6.45) is 1.70. The minimum Gasteiger partial charge on any atom is -0.328 e. The molecule has 0 amide bonds. The standard InChI is InChI=1S/C13H19ClN4S/c1-13(2,3)8-15-6-7-18-9-4-5-16-11(14)10(9)17-12(18)19/h4-5,15H,6-8H2,1-3H3,(H,17,19). The smallest absolute Gasteiger partial charge is 0.178 e. The molecule has 2 rings (SSSR count). The molecule has 0 saturated carbocycles. The number of fused-ring (bicyclic) bond motifs is 1. The van der Waals surface area contributed by atoms with Crippen LogP contribution in [0.15, 0.2) is 12.3 Å². The van der Waals surface area contributed by atoms with Crippen LogP contribution in [-0.2, 0) is 6.54 Å². The number of H-pyrrole nitrogens is 1. The molecule has 19 heavy (non-hydrogen) atoms. The summed E-state index contributed by atoms with van der Waals surface area (Å²) < 4.78 is 2.73. The number of imidazole rings is 1. The van der Waals surface area contributed by atoms with E-state index in [4.69, 9.17) is 23.8 Å². The third-order valence-electron chi connectivity index (χ3n) is 2.82. The number of rotatable bonds is 4. The lowest BCUT2D eigenvalue weighted by Gasteiger charge is -2.18. The van der Waals surface area contributed by atoms with Crippen LogP contribution in [0.4, 0.5) is 0 Å². The van der Waals surface area contributed by atoms with Gasteiger partial charge in [0.1, 0.15) is 5.52 Å². The summed E-state index contributed by atoms with van der Waals surface area (Å²) in [6, 6.07) is 1.93. The van der Waals surface area contributed by atoms with Crippen molar-refractivity contribution in [3.63, 3.8) is 0 Å². The molecule has 0 fully saturated rings. The fourth-order valence-corrected chi connectivity index (χ4v) is 2.42. The number of halogens is 1. The number of pyridine rings is 1. The van der Waals surface area contributed by atoms with Gasteiger partial charge in [-0.1, -0.05) is 32.4 Å². The summed E-state index contributed by atoms with van der Waals surface area (Å²) in [5.74, 6) is 0. The van der Waals surface area contributed by atoms with Gasteiger partial charge < -0.3 is 14.9 Å². The first kappa shape index (κ1) is 14.5. The van der Waals surface area contributed by atoms with E-state index in [0.29, 0.717) is 9.92 Å². The van der Waals surface area contributed by atoms with Crippen LogP contribution in [0.25, 0.3) is 11.0 Å². The number of nitrogens with zero attached hydrogens (tertiary/aromatic N) is 2. The fourth-order valence-electron chi connectivity index (χ4n) is 1.93. The van der Waals surface area contributed by atoms with Gasteiger partial charge in [0, 0.05) is 25.8 Å². The Morgan fingerprint density at radius 2 is 2.21 bits per heavy atom. The molecule has 0 spiro atoms. The number of aromatic nitrogens is 3. The Bertz CT molecular complexity index is 624. The Morgan fingerprint density at radius 3 is 2.89 bits per heavy atom. The van der Waals surface area contributed by atoms with E-state index in [0.717, 1.165) is 30.7 Å². The van der Waals surface area contributed by atoms with Gasteiger partial charge in [-0.15, -0.1) is 0 Å². The van der Waals surface area contributed by atoms with Gasteiger partial charge in [-0.2, -0.15) is 0 Å². The maximum Gasteiger partial charge on any atom is 0.178 e. The van der Waals surface area contributed by atoms with Gasteiger partial charge in [0.15, 0.2) is 9.92 Å². The predicted octanol–water partition coefficient (Wildman–Crippen LogP) is 3.38. The summed E-state index contributed by atoms with van der Waals surface area (Å²) in [5, 5.41) is 3.90. The van der Waals surface area contributed by atoms with Crippen molar-refractivity contribution in [1.82, 2.24) is 19.9 Å². The van der Waals surface area contributed by atoms with Crippen molar-refractivity contribution < 1.29 is 0 Å². The van der Waals surface area contributed by atoms with Crippen molar-refractivity contribution in [2.24, 2.45) is 5.41 Å². The average molecular weight is 299 g/mol. The van der Waals surface area contributed by atoms with E-state index in [1.54, 1.807) is 6.20 Å². The highest BCUT2D eigenvalue weighted by molar-refractivity contribution is 7.71. The van der Waals surface area contributed by atoms with Crippen LogP contribution < -0.4 is 5.32 Å². The summed E-state index contributed by atoms with van der Waals surface area (Å²) in [6.45, 7) is 9.30. The zero-order valence-electron chi connectivity index (χ0n) is 11.5. The molecule has 0 bridgehead atoms. The molecule has 0 saturated heterocycles. The van der Waals surface area contributed by atoms with Crippen LogP contribution in [0.1, 0.15) is 20.8 Å². The van der Waals surface area contributed by atoms with Gasteiger partial charge in [0.2, 0.25) is 0 Å². The lowest BCUT2D eigenvalue weighted by atomic mass is 9.97. The van der Waals surface area contributed by atoms with E-state index in [1.165, 1.54) is 0 Å². The molecular weight excluding hydrogens is 280 g/mol. The molecular formula is C13H19ClN4S. The molecule has 2 aromatic heterocycles. The van der Waals surface area contributed by atoms with E-state index in [9.17, 15) is 0 Å². The van der Waals surface area contributed by atoms with Crippen molar-refractivity contribution in [2.75, 3.05) is 13.1 Å². The van der Waals surface area contributed by atoms with E-state index in [-0.39, 0.29) is 5.41 Å². The SMILES string of the molecule is CC(C)(C)CNCCn1c(=S)[nH]c2c(Cl)nccc21. The summed E-state index contributed by atoms with van der Waals surface area (Å²) in [7, 11) is 0. The first-order valence-corrected chi connectivity index (χ1v) is 7.11. The van der Waals surface area contributed by atoms with E-state index in [2.05, 4.69) is 36.1 Å². The van der Waals surface area contributed by atoms with Gasteiger partial charge in [-0.3, -0.25) is 0 Å². The molecule has 4 nitrogen and oxygen atoms in total. The molecule has 0 radical (unpaired) electrons. The number of hydrogen-bond acceptors (Lipinski definition) is 3. The van der Waals surface area contributed by atoms with Crippen molar-refractivity contribution in [3.8, 4) is 0 Å². The molecule has 2 aromatic rings. The predicted molar refractivity (Wildman–Crippen MR) is 82.3 cm³/mol. The van der Waals surface area contributed by atoms with Gasteiger partial charge in [-0.25, -0.2) is 4.98 Å². The summed E-state index contributed by atoms with van der Waals surface area (Å²) >= 11 is 11.4. The molecule has 104 valence electrons. The van der Waals surface area contributed by atoms with Crippen molar-refractivity contribution in [2.45, 2.75) is 27.3 Å². The average Bonchev–Trinajstić information content (AvgIpc) is 2.62. The van der Waals surface area contributed by atoms with E-state index in [1.807, 2.05) is 10.6 Å². The first-order valence-electron chi connectivity index (χ1n) is 6.32. The molecule has 0 unspecified atom stereocenters. The van der Waals surface area contributed by atoms with Crippen molar-refractivity contribution in [3.05, 3.63) is 22.2 Å². The molecule has 2 heterocycles. The van der Waals surface area contributed by atoms with Crippen LogP contribution in [0.5, 0.6) is 0 Å². The molecule has 0 atom stereocenters. The minimum atomic E-state index is 0.287. The van der Waals surface area contributed by atoms with Crippen LogP contribution in [0, 0.1) is 10.2 Å². The number of nitrogens with one attached hydrogen (secondary N) is 2. The maximum atomic E-state index is 6.05. The second-order valence-corrected chi connectivity index (χ2v) is 6.56. The Balaban J connectivity index is 2.11.